The van der Waals surface area contributed by atoms with Gasteiger partial charge in [0.25, 0.3) is 0 Å². The van der Waals surface area contributed by atoms with E-state index in [4.69, 9.17) is 16.3 Å². The maximum Gasteiger partial charge on any atom is 0.229 e. The van der Waals surface area contributed by atoms with Crippen molar-refractivity contribution in [1.82, 2.24) is 0 Å². The number of halogens is 1. The van der Waals surface area contributed by atoms with Crippen molar-refractivity contribution in [1.29, 1.82) is 0 Å². The average molecular weight is 421 g/mol. The number of ether oxygens (including phenoxy) is 1. The first-order chi connectivity index (χ1) is 14.5. The number of aryl methyl sites for hydroxylation is 1. The standard InChI is InChI=1S/C24H21ClN2O3/c1-16-5-4-6-20(13-16)30-19-11-9-18(10-12-19)26-24(29)17-14-23(28)27(15-17)22-8-3-2-7-21(22)25/h2-13,17H,14-15H2,1H3,(H,26,29)/t17-/m0/s1. The van der Waals surface area contributed by atoms with Crippen molar-refractivity contribution in [3.63, 3.8) is 0 Å². The Morgan fingerprint density at radius 2 is 1.80 bits per heavy atom. The molecule has 1 aliphatic heterocycles. The van der Waals surface area contributed by atoms with Crippen LogP contribution in [-0.4, -0.2) is 18.4 Å². The van der Waals surface area contributed by atoms with Crippen molar-refractivity contribution in [3.05, 3.63) is 83.4 Å². The van der Waals surface area contributed by atoms with Crippen LogP contribution in [0.3, 0.4) is 0 Å². The van der Waals surface area contributed by atoms with E-state index in [1.54, 1.807) is 41.3 Å². The average Bonchev–Trinajstić information content (AvgIpc) is 3.11. The highest BCUT2D eigenvalue weighted by atomic mass is 35.5. The van der Waals surface area contributed by atoms with E-state index in [0.29, 0.717) is 28.7 Å². The van der Waals surface area contributed by atoms with Gasteiger partial charge < -0.3 is 15.0 Å². The summed E-state index contributed by atoms with van der Waals surface area (Å²) < 4.78 is 5.83. The Labute approximate surface area is 180 Å². The van der Waals surface area contributed by atoms with Gasteiger partial charge in [-0.25, -0.2) is 0 Å². The zero-order chi connectivity index (χ0) is 21.1. The first kappa shape index (κ1) is 20.0. The highest BCUT2D eigenvalue weighted by Gasteiger charge is 2.35. The fraction of sp³-hybridized carbons (Fsp3) is 0.167. The maximum absolute atomic E-state index is 12.7. The van der Waals surface area contributed by atoms with Crippen LogP contribution < -0.4 is 15.0 Å². The molecule has 1 heterocycles. The summed E-state index contributed by atoms with van der Waals surface area (Å²) >= 11 is 6.20. The summed E-state index contributed by atoms with van der Waals surface area (Å²) in [6, 6.07) is 22.1. The van der Waals surface area contributed by atoms with E-state index in [2.05, 4.69) is 5.32 Å². The van der Waals surface area contributed by atoms with E-state index >= 15 is 0 Å². The Morgan fingerprint density at radius 1 is 1.03 bits per heavy atom. The van der Waals surface area contributed by atoms with Crippen LogP contribution in [0.4, 0.5) is 11.4 Å². The number of carbonyl (C=O) groups is 2. The highest BCUT2D eigenvalue weighted by molar-refractivity contribution is 6.33. The summed E-state index contributed by atoms with van der Waals surface area (Å²) in [6.45, 7) is 2.31. The van der Waals surface area contributed by atoms with E-state index in [1.165, 1.54) is 0 Å². The smallest absolute Gasteiger partial charge is 0.229 e. The second-order valence-corrected chi connectivity index (χ2v) is 7.70. The van der Waals surface area contributed by atoms with Crippen LogP contribution in [0.15, 0.2) is 72.8 Å². The van der Waals surface area contributed by atoms with Gasteiger partial charge in [0, 0.05) is 18.7 Å². The predicted octanol–water partition coefficient (Wildman–Crippen LogP) is 5.43. The summed E-state index contributed by atoms with van der Waals surface area (Å²) in [5.74, 6) is 0.711. The minimum atomic E-state index is -0.433. The molecule has 1 fully saturated rings. The molecular formula is C24H21ClN2O3. The summed E-state index contributed by atoms with van der Waals surface area (Å²) in [4.78, 5) is 26.7. The summed E-state index contributed by atoms with van der Waals surface area (Å²) in [7, 11) is 0. The fourth-order valence-corrected chi connectivity index (χ4v) is 3.69. The lowest BCUT2D eigenvalue weighted by Crippen LogP contribution is -2.28. The number of anilines is 2. The van der Waals surface area contributed by atoms with Gasteiger partial charge in [0.1, 0.15) is 11.5 Å². The third-order valence-corrected chi connectivity index (χ3v) is 5.31. The number of carbonyl (C=O) groups excluding carboxylic acids is 2. The Morgan fingerprint density at radius 3 is 2.53 bits per heavy atom. The molecule has 0 bridgehead atoms. The molecule has 3 aromatic carbocycles. The molecule has 4 rings (SSSR count). The molecule has 1 saturated heterocycles. The molecule has 0 aliphatic carbocycles. The molecule has 1 N–H and O–H groups in total. The normalized spacial score (nSPS) is 15.9. The number of nitrogens with one attached hydrogen (secondary N) is 1. The topological polar surface area (TPSA) is 58.6 Å². The van der Waals surface area contributed by atoms with Gasteiger partial charge in [-0.05, 0) is 61.0 Å². The lowest BCUT2D eigenvalue weighted by molar-refractivity contribution is -0.122. The Kier molecular flexibility index (Phi) is 5.72. The van der Waals surface area contributed by atoms with Crippen LogP contribution >= 0.6 is 11.6 Å². The van der Waals surface area contributed by atoms with Crippen LogP contribution in [-0.2, 0) is 9.59 Å². The molecule has 2 amide bonds. The summed E-state index contributed by atoms with van der Waals surface area (Å²) in [5, 5.41) is 3.38. The molecule has 1 atom stereocenters. The highest BCUT2D eigenvalue weighted by Crippen LogP contribution is 2.31. The molecular weight excluding hydrogens is 400 g/mol. The van der Waals surface area contributed by atoms with Crippen LogP contribution in [0, 0.1) is 12.8 Å². The molecule has 3 aromatic rings. The number of para-hydroxylation sites is 1. The summed E-state index contributed by atoms with van der Waals surface area (Å²) in [6.07, 6.45) is 0.158. The number of hydrogen-bond donors (Lipinski definition) is 1. The van der Waals surface area contributed by atoms with Crippen LogP contribution in [0.5, 0.6) is 11.5 Å². The van der Waals surface area contributed by atoms with Gasteiger partial charge in [0.2, 0.25) is 11.8 Å². The number of benzene rings is 3. The van der Waals surface area contributed by atoms with E-state index in [0.717, 1.165) is 11.3 Å². The molecule has 1 aliphatic rings. The van der Waals surface area contributed by atoms with Crippen molar-refractivity contribution in [3.8, 4) is 11.5 Å². The fourth-order valence-electron chi connectivity index (χ4n) is 3.45. The molecule has 6 heteroatoms. The van der Waals surface area contributed by atoms with Crippen molar-refractivity contribution in [2.75, 3.05) is 16.8 Å². The van der Waals surface area contributed by atoms with Gasteiger partial charge >= 0.3 is 0 Å². The quantitative estimate of drug-likeness (QED) is 0.598. The Balaban J connectivity index is 1.38. The maximum atomic E-state index is 12.7. The predicted molar refractivity (Wildman–Crippen MR) is 118 cm³/mol. The summed E-state index contributed by atoms with van der Waals surface area (Å²) in [5.41, 5.74) is 2.41. The number of amides is 2. The second kappa shape index (κ2) is 8.59. The third-order valence-electron chi connectivity index (χ3n) is 4.99. The lowest BCUT2D eigenvalue weighted by Gasteiger charge is -2.18. The van der Waals surface area contributed by atoms with E-state index in [1.807, 2.05) is 43.3 Å². The van der Waals surface area contributed by atoms with Gasteiger partial charge in [0.05, 0.1) is 16.6 Å². The minimum Gasteiger partial charge on any atom is -0.457 e. The first-order valence-corrected chi connectivity index (χ1v) is 10.1. The van der Waals surface area contributed by atoms with Gasteiger partial charge in [-0.3, -0.25) is 9.59 Å². The molecule has 152 valence electrons. The molecule has 0 radical (unpaired) electrons. The van der Waals surface area contributed by atoms with Crippen LogP contribution in [0.1, 0.15) is 12.0 Å². The zero-order valence-corrected chi connectivity index (χ0v) is 17.2. The number of nitrogens with zero attached hydrogens (tertiary/aromatic N) is 1. The largest absolute Gasteiger partial charge is 0.457 e. The van der Waals surface area contributed by atoms with Gasteiger partial charge in [0.15, 0.2) is 0 Å². The Bertz CT molecular complexity index is 1080. The molecule has 5 nitrogen and oxygen atoms in total. The van der Waals surface area contributed by atoms with Gasteiger partial charge in [-0.15, -0.1) is 0 Å². The zero-order valence-electron chi connectivity index (χ0n) is 16.5. The minimum absolute atomic E-state index is 0.106. The number of hydrogen-bond acceptors (Lipinski definition) is 3. The Hall–Kier alpha value is -3.31. The molecule has 0 unspecified atom stereocenters. The monoisotopic (exact) mass is 420 g/mol. The first-order valence-electron chi connectivity index (χ1n) is 9.70. The van der Waals surface area contributed by atoms with Crippen LogP contribution in [0.25, 0.3) is 0 Å². The molecule has 0 aromatic heterocycles. The van der Waals surface area contributed by atoms with Gasteiger partial charge in [-0.2, -0.15) is 0 Å². The number of rotatable bonds is 5. The van der Waals surface area contributed by atoms with Crippen molar-refractivity contribution in [2.45, 2.75) is 13.3 Å². The third kappa shape index (κ3) is 4.47. The van der Waals surface area contributed by atoms with Crippen molar-refractivity contribution < 1.29 is 14.3 Å². The molecule has 0 spiro atoms. The lowest BCUT2D eigenvalue weighted by atomic mass is 10.1. The van der Waals surface area contributed by atoms with E-state index in [9.17, 15) is 9.59 Å². The molecule has 30 heavy (non-hydrogen) atoms. The van der Waals surface area contributed by atoms with E-state index in [-0.39, 0.29) is 18.2 Å². The van der Waals surface area contributed by atoms with Crippen molar-refractivity contribution >= 4 is 34.8 Å². The van der Waals surface area contributed by atoms with Crippen molar-refractivity contribution in [2.24, 2.45) is 5.92 Å². The second-order valence-electron chi connectivity index (χ2n) is 7.29. The van der Waals surface area contributed by atoms with E-state index < -0.39 is 5.92 Å². The van der Waals surface area contributed by atoms with Gasteiger partial charge in [-0.1, -0.05) is 35.9 Å². The van der Waals surface area contributed by atoms with Crippen LogP contribution in [0.2, 0.25) is 5.02 Å². The SMILES string of the molecule is Cc1cccc(Oc2ccc(NC(=O)[C@H]3CC(=O)N(c4ccccc4Cl)C3)cc2)c1. The molecule has 0 saturated carbocycles.